The molecule has 1 unspecified atom stereocenters. The molecule has 86 valence electrons. The molecule has 2 rings (SSSR count). The zero-order chi connectivity index (χ0) is 11.7. The van der Waals surface area contributed by atoms with E-state index in [4.69, 9.17) is 5.73 Å². The molecular weight excluding hydrogens is 383 g/mol. The number of hydrogen-bond acceptors (Lipinski definition) is 2. The topological polar surface area (TPSA) is 46.3 Å². The van der Waals surface area contributed by atoms with Gasteiger partial charge in [-0.1, -0.05) is 15.9 Å². The predicted molar refractivity (Wildman–Crippen MR) is 76.4 cm³/mol. The number of benzene rings is 1. The smallest absolute Gasteiger partial charge is 0.227 e. The lowest BCUT2D eigenvalue weighted by atomic mass is 10.1. The van der Waals surface area contributed by atoms with Crippen molar-refractivity contribution in [2.24, 2.45) is 11.7 Å². The van der Waals surface area contributed by atoms with Crippen LogP contribution in [0.4, 0.5) is 5.69 Å². The summed E-state index contributed by atoms with van der Waals surface area (Å²) in [6.07, 6.45) is 0.572. The molecule has 1 saturated heterocycles. The van der Waals surface area contributed by atoms with Crippen molar-refractivity contribution in [2.45, 2.75) is 6.42 Å². The minimum atomic E-state index is 0.177. The third kappa shape index (κ3) is 2.41. The molecule has 1 heterocycles. The maximum atomic E-state index is 11.8. The second-order valence-corrected chi connectivity index (χ2v) is 5.98. The number of nitrogens with two attached hydrogens (primary N) is 1. The van der Waals surface area contributed by atoms with Gasteiger partial charge in [0.25, 0.3) is 0 Å². The van der Waals surface area contributed by atoms with Crippen molar-refractivity contribution in [3.8, 4) is 0 Å². The van der Waals surface area contributed by atoms with Crippen LogP contribution in [0.15, 0.2) is 22.7 Å². The Kier molecular flexibility index (Phi) is 3.86. The van der Waals surface area contributed by atoms with E-state index in [-0.39, 0.29) is 5.91 Å². The lowest BCUT2D eigenvalue weighted by molar-refractivity contribution is -0.117. The van der Waals surface area contributed by atoms with Crippen LogP contribution >= 0.6 is 38.5 Å². The lowest BCUT2D eigenvalue weighted by Crippen LogP contribution is -2.26. The van der Waals surface area contributed by atoms with Gasteiger partial charge >= 0.3 is 0 Å². The molecule has 5 heteroatoms. The summed E-state index contributed by atoms with van der Waals surface area (Å²) in [5.74, 6) is 0.475. The number of carbonyl (C=O) groups excluding carboxylic acids is 1. The SMILES string of the molecule is NCC1CC(=O)N(c2ccc(Br)cc2I)C1. The molecule has 0 saturated carbocycles. The molecule has 1 aliphatic rings. The first kappa shape index (κ1) is 12.3. The third-order valence-electron chi connectivity index (χ3n) is 2.74. The van der Waals surface area contributed by atoms with Crippen LogP contribution in [0.5, 0.6) is 0 Å². The number of anilines is 1. The Labute approximate surface area is 117 Å². The predicted octanol–water partition coefficient (Wildman–Crippen LogP) is 2.37. The first-order valence-electron chi connectivity index (χ1n) is 5.07. The van der Waals surface area contributed by atoms with Crippen molar-refractivity contribution in [1.82, 2.24) is 0 Å². The largest absolute Gasteiger partial charge is 0.330 e. The van der Waals surface area contributed by atoms with Crippen LogP contribution in [-0.4, -0.2) is 19.0 Å². The summed E-state index contributed by atoms with van der Waals surface area (Å²) in [6.45, 7) is 1.32. The normalized spacial score (nSPS) is 20.6. The first-order valence-corrected chi connectivity index (χ1v) is 6.94. The van der Waals surface area contributed by atoms with Crippen LogP contribution in [0.2, 0.25) is 0 Å². The Bertz CT molecular complexity index is 424. The highest BCUT2D eigenvalue weighted by Gasteiger charge is 2.30. The van der Waals surface area contributed by atoms with Gasteiger partial charge in [0.2, 0.25) is 5.91 Å². The minimum absolute atomic E-state index is 0.177. The second kappa shape index (κ2) is 5.01. The highest BCUT2D eigenvalue weighted by Crippen LogP contribution is 2.30. The standard InChI is InChI=1S/C11H12BrIN2O/c12-8-1-2-10(9(13)4-8)15-6-7(5-14)3-11(15)16/h1-2,4,7H,3,5-6,14H2. The van der Waals surface area contributed by atoms with Gasteiger partial charge in [0.05, 0.1) is 5.69 Å². The fourth-order valence-electron chi connectivity index (χ4n) is 1.87. The number of hydrogen-bond donors (Lipinski definition) is 1. The average molecular weight is 395 g/mol. The molecule has 0 aliphatic carbocycles. The van der Waals surface area contributed by atoms with Crippen LogP contribution < -0.4 is 10.6 Å². The Hall–Kier alpha value is -0.140. The summed E-state index contributed by atoms with van der Waals surface area (Å²) in [5.41, 5.74) is 6.60. The quantitative estimate of drug-likeness (QED) is 0.782. The van der Waals surface area contributed by atoms with E-state index in [1.54, 1.807) is 0 Å². The molecular formula is C11H12BrIN2O. The summed E-state index contributed by atoms with van der Waals surface area (Å²) in [7, 11) is 0. The van der Waals surface area contributed by atoms with Gasteiger partial charge in [0.15, 0.2) is 0 Å². The molecule has 1 fully saturated rings. The molecule has 0 radical (unpaired) electrons. The van der Waals surface area contributed by atoms with Gasteiger partial charge in [-0.05, 0) is 53.3 Å². The highest BCUT2D eigenvalue weighted by atomic mass is 127. The number of halogens is 2. The van der Waals surface area contributed by atoms with Crippen LogP contribution in [0.3, 0.4) is 0 Å². The number of carbonyl (C=O) groups is 1. The molecule has 16 heavy (non-hydrogen) atoms. The van der Waals surface area contributed by atoms with Crippen molar-refractivity contribution in [3.63, 3.8) is 0 Å². The van der Waals surface area contributed by atoms with E-state index >= 15 is 0 Å². The van der Waals surface area contributed by atoms with Crippen molar-refractivity contribution < 1.29 is 4.79 Å². The molecule has 1 aromatic rings. The maximum absolute atomic E-state index is 11.8. The summed E-state index contributed by atoms with van der Waals surface area (Å²) in [6, 6.07) is 5.95. The summed E-state index contributed by atoms with van der Waals surface area (Å²) in [5, 5.41) is 0. The van der Waals surface area contributed by atoms with Gasteiger partial charge in [-0.3, -0.25) is 4.79 Å². The van der Waals surface area contributed by atoms with Crippen LogP contribution in [0.1, 0.15) is 6.42 Å². The number of nitrogens with zero attached hydrogens (tertiary/aromatic N) is 1. The Morgan fingerprint density at radius 1 is 1.56 bits per heavy atom. The third-order valence-corrected chi connectivity index (χ3v) is 4.10. The molecule has 1 aromatic carbocycles. The molecule has 1 amide bonds. The second-order valence-electron chi connectivity index (χ2n) is 3.91. The van der Waals surface area contributed by atoms with E-state index in [2.05, 4.69) is 38.5 Å². The lowest BCUT2D eigenvalue weighted by Gasteiger charge is -2.18. The van der Waals surface area contributed by atoms with Crippen molar-refractivity contribution in [2.75, 3.05) is 18.0 Å². The molecule has 0 aromatic heterocycles. The van der Waals surface area contributed by atoms with E-state index < -0.39 is 0 Å². The van der Waals surface area contributed by atoms with Gasteiger partial charge in [0, 0.05) is 21.0 Å². The Morgan fingerprint density at radius 3 is 2.88 bits per heavy atom. The summed E-state index contributed by atoms with van der Waals surface area (Å²) < 4.78 is 2.11. The summed E-state index contributed by atoms with van der Waals surface area (Å²) >= 11 is 5.67. The van der Waals surface area contributed by atoms with Gasteiger partial charge < -0.3 is 10.6 Å². The van der Waals surface area contributed by atoms with Crippen molar-refractivity contribution in [1.29, 1.82) is 0 Å². The number of amides is 1. The zero-order valence-corrected chi connectivity index (χ0v) is 12.4. The summed E-state index contributed by atoms with van der Waals surface area (Å²) in [4.78, 5) is 13.7. The van der Waals surface area contributed by atoms with Crippen LogP contribution in [0.25, 0.3) is 0 Å². The molecule has 3 nitrogen and oxygen atoms in total. The van der Waals surface area contributed by atoms with Crippen LogP contribution in [0, 0.1) is 9.49 Å². The molecule has 2 N–H and O–H groups in total. The van der Waals surface area contributed by atoms with E-state index in [0.29, 0.717) is 18.9 Å². The van der Waals surface area contributed by atoms with Gasteiger partial charge in [-0.25, -0.2) is 0 Å². The Morgan fingerprint density at radius 2 is 2.31 bits per heavy atom. The van der Waals surface area contributed by atoms with Gasteiger partial charge in [-0.15, -0.1) is 0 Å². The molecule has 1 atom stereocenters. The Balaban J connectivity index is 2.28. The first-order chi connectivity index (χ1) is 7.61. The average Bonchev–Trinajstić information content (AvgIpc) is 2.60. The van der Waals surface area contributed by atoms with E-state index in [9.17, 15) is 4.79 Å². The highest BCUT2D eigenvalue weighted by molar-refractivity contribution is 14.1. The van der Waals surface area contributed by atoms with Crippen LogP contribution in [-0.2, 0) is 4.79 Å². The van der Waals surface area contributed by atoms with Gasteiger partial charge in [0.1, 0.15) is 0 Å². The van der Waals surface area contributed by atoms with E-state index in [1.165, 1.54) is 0 Å². The monoisotopic (exact) mass is 394 g/mol. The fourth-order valence-corrected chi connectivity index (χ4v) is 3.47. The molecule has 1 aliphatic heterocycles. The fraction of sp³-hybridized carbons (Fsp3) is 0.364. The van der Waals surface area contributed by atoms with Crippen molar-refractivity contribution in [3.05, 3.63) is 26.2 Å². The van der Waals surface area contributed by atoms with Gasteiger partial charge in [-0.2, -0.15) is 0 Å². The molecule has 0 bridgehead atoms. The maximum Gasteiger partial charge on any atom is 0.227 e. The van der Waals surface area contributed by atoms with E-state index in [0.717, 1.165) is 20.3 Å². The van der Waals surface area contributed by atoms with E-state index in [1.807, 2.05) is 23.1 Å². The minimum Gasteiger partial charge on any atom is -0.330 e. The zero-order valence-electron chi connectivity index (χ0n) is 8.62. The van der Waals surface area contributed by atoms with Crippen molar-refractivity contribution >= 4 is 50.1 Å². The molecule has 0 spiro atoms. The number of rotatable bonds is 2.